The number of hydrogen-bond donors (Lipinski definition) is 2. The minimum atomic E-state index is -1.02. The van der Waals surface area contributed by atoms with Gasteiger partial charge in [-0.2, -0.15) is 0 Å². The Balaban J connectivity index is 1.54. The van der Waals surface area contributed by atoms with Gasteiger partial charge in [0.25, 0.3) is 5.91 Å². The topological polar surface area (TPSA) is 69.6 Å². The second-order valence-corrected chi connectivity index (χ2v) is 8.65. The van der Waals surface area contributed by atoms with Crippen LogP contribution in [0, 0.1) is 6.92 Å². The van der Waals surface area contributed by atoms with E-state index >= 15 is 0 Å². The molecule has 6 heteroatoms. The maximum atomic E-state index is 12.5. The van der Waals surface area contributed by atoms with Crippen LogP contribution in [0.3, 0.4) is 0 Å². The lowest BCUT2D eigenvalue weighted by Crippen LogP contribution is -2.30. The zero-order chi connectivity index (χ0) is 22.7. The molecule has 3 aromatic rings. The second-order valence-electron chi connectivity index (χ2n) is 7.74. The molecule has 162 valence electrons. The Bertz CT molecular complexity index is 1200. The van der Waals surface area contributed by atoms with Crippen molar-refractivity contribution in [3.63, 3.8) is 0 Å². The van der Waals surface area contributed by atoms with E-state index in [0.29, 0.717) is 23.5 Å². The lowest BCUT2D eigenvalue weighted by atomic mass is 9.95. The zero-order valence-corrected chi connectivity index (χ0v) is 19.2. The molecule has 0 bridgehead atoms. The first-order valence-electron chi connectivity index (χ1n) is 10.4. The van der Waals surface area contributed by atoms with Crippen molar-refractivity contribution in [3.05, 3.63) is 99.5 Å². The van der Waals surface area contributed by atoms with Gasteiger partial charge < -0.3 is 15.3 Å². The largest absolute Gasteiger partial charge is 0.478 e. The molecule has 0 saturated carbocycles. The Labute approximate surface area is 195 Å². The number of nitrogens with zero attached hydrogens (tertiary/aromatic N) is 1. The molecule has 1 heterocycles. The number of hydrogen-bond acceptors (Lipinski definition) is 3. The zero-order valence-electron chi connectivity index (χ0n) is 17.6. The van der Waals surface area contributed by atoms with Gasteiger partial charge in [0.1, 0.15) is 0 Å². The van der Waals surface area contributed by atoms with E-state index < -0.39 is 5.97 Å². The molecule has 5 nitrogen and oxygen atoms in total. The van der Waals surface area contributed by atoms with Crippen LogP contribution in [-0.2, 0) is 0 Å². The van der Waals surface area contributed by atoms with Crippen molar-refractivity contribution in [3.8, 4) is 0 Å². The van der Waals surface area contributed by atoms with Gasteiger partial charge in [-0.15, -0.1) is 0 Å². The van der Waals surface area contributed by atoms with Crippen molar-refractivity contribution in [2.75, 3.05) is 23.3 Å². The van der Waals surface area contributed by atoms with E-state index in [1.807, 2.05) is 12.1 Å². The lowest BCUT2D eigenvalue weighted by molar-refractivity contribution is 0.0697. The molecule has 1 aliphatic heterocycles. The van der Waals surface area contributed by atoms with E-state index in [9.17, 15) is 14.7 Å². The Hall–Kier alpha value is -3.38. The molecule has 0 atom stereocenters. The monoisotopic (exact) mass is 490 g/mol. The van der Waals surface area contributed by atoms with E-state index in [4.69, 9.17) is 0 Å². The number of aromatic carboxylic acids is 1. The Morgan fingerprint density at radius 2 is 1.78 bits per heavy atom. The molecule has 0 fully saturated rings. The van der Waals surface area contributed by atoms with Crippen LogP contribution in [0.1, 0.15) is 38.3 Å². The number of carboxylic acid groups (broad SMARTS) is 1. The maximum absolute atomic E-state index is 12.5. The third-order valence-electron chi connectivity index (χ3n) is 5.63. The van der Waals surface area contributed by atoms with Crippen LogP contribution >= 0.6 is 15.9 Å². The van der Waals surface area contributed by atoms with E-state index in [-0.39, 0.29) is 11.5 Å². The van der Waals surface area contributed by atoms with E-state index in [1.165, 1.54) is 22.8 Å². The fraction of sp³-hybridized carbons (Fsp3) is 0.154. The van der Waals surface area contributed by atoms with Crippen LogP contribution in [0.15, 0.2) is 77.3 Å². The number of carboxylic acids is 1. The Kier molecular flexibility index (Phi) is 6.42. The average Bonchev–Trinajstić information content (AvgIpc) is 2.80. The quantitative estimate of drug-likeness (QED) is 0.459. The number of aryl methyl sites for hydroxylation is 1. The molecule has 0 saturated heterocycles. The predicted molar refractivity (Wildman–Crippen MR) is 131 cm³/mol. The molecule has 0 spiro atoms. The minimum Gasteiger partial charge on any atom is -0.478 e. The Morgan fingerprint density at radius 1 is 1.03 bits per heavy atom. The van der Waals surface area contributed by atoms with E-state index in [0.717, 1.165) is 17.4 Å². The van der Waals surface area contributed by atoms with Gasteiger partial charge in [0, 0.05) is 28.8 Å². The van der Waals surface area contributed by atoms with Crippen molar-refractivity contribution in [1.82, 2.24) is 0 Å². The summed E-state index contributed by atoms with van der Waals surface area (Å²) >= 11 is 3.35. The summed E-state index contributed by atoms with van der Waals surface area (Å²) in [5.41, 5.74) is 5.55. The van der Waals surface area contributed by atoms with Crippen LogP contribution in [0.5, 0.6) is 0 Å². The van der Waals surface area contributed by atoms with Crippen LogP contribution < -0.4 is 10.2 Å². The third-order valence-corrected chi connectivity index (χ3v) is 6.16. The fourth-order valence-corrected chi connectivity index (χ4v) is 4.20. The van der Waals surface area contributed by atoms with Crippen molar-refractivity contribution in [1.29, 1.82) is 0 Å². The molecule has 0 radical (unpaired) electrons. The number of carbonyl (C=O) groups is 2. The number of carbonyl (C=O) groups excluding carboxylic acids is 1. The van der Waals surface area contributed by atoms with Gasteiger partial charge in [-0.25, -0.2) is 4.79 Å². The number of nitrogens with one attached hydrogen (secondary N) is 1. The summed E-state index contributed by atoms with van der Waals surface area (Å²) in [6.07, 6.45) is 3.01. The summed E-state index contributed by atoms with van der Waals surface area (Å²) in [6.45, 7) is 3.46. The summed E-state index contributed by atoms with van der Waals surface area (Å²) in [5, 5.41) is 12.6. The van der Waals surface area contributed by atoms with Gasteiger partial charge in [0.2, 0.25) is 0 Å². The predicted octanol–water partition coefficient (Wildman–Crippen LogP) is 6.00. The summed E-state index contributed by atoms with van der Waals surface area (Å²) in [6, 6.07) is 20.3. The number of amides is 1. The van der Waals surface area contributed by atoms with Crippen molar-refractivity contribution >= 4 is 44.8 Å². The molecule has 4 rings (SSSR count). The molecule has 1 amide bonds. The first-order chi connectivity index (χ1) is 15.4. The first kappa shape index (κ1) is 21.8. The van der Waals surface area contributed by atoms with Gasteiger partial charge >= 0.3 is 5.97 Å². The SMILES string of the molecule is Cc1ccccc1C1=CCN(c2ccc(NC(=O)c3ccc(Br)cc3)cc2C(=O)O)CC1. The highest BCUT2D eigenvalue weighted by molar-refractivity contribution is 9.10. The van der Waals surface area contributed by atoms with Crippen molar-refractivity contribution in [2.24, 2.45) is 0 Å². The maximum Gasteiger partial charge on any atom is 0.337 e. The van der Waals surface area contributed by atoms with Gasteiger partial charge in [-0.05, 0) is 72.5 Å². The summed E-state index contributed by atoms with van der Waals surface area (Å²) in [7, 11) is 0. The number of halogens is 1. The average molecular weight is 491 g/mol. The highest BCUT2D eigenvalue weighted by atomic mass is 79.9. The number of benzene rings is 3. The fourth-order valence-electron chi connectivity index (χ4n) is 3.93. The van der Waals surface area contributed by atoms with Crippen LogP contribution in [0.25, 0.3) is 5.57 Å². The lowest BCUT2D eigenvalue weighted by Gasteiger charge is -2.30. The molecular formula is C26H23BrN2O3. The number of rotatable bonds is 5. The van der Waals surface area contributed by atoms with Crippen LogP contribution in [0.2, 0.25) is 0 Å². The van der Waals surface area contributed by atoms with Crippen LogP contribution in [0.4, 0.5) is 11.4 Å². The Morgan fingerprint density at radius 3 is 2.44 bits per heavy atom. The molecule has 0 aliphatic carbocycles. The van der Waals surface area contributed by atoms with Crippen LogP contribution in [-0.4, -0.2) is 30.1 Å². The summed E-state index contributed by atoms with van der Waals surface area (Å²) in [4.78, 5) is 26.5. The van der Waals surface area contributed by atoms with E-state index in [1.54, 1.807) is 36.4 Å². The van der Waals surface area contributed by atoms with E-state index in [2.05, 4.69) is 51.3 Å². The highest BCUT2D eigenvalue weighted by Gasteiger charge is 2.20. The van der Waals surface area contributed by atoms with Crippen molar-refractivity contribution in [2.45, 2.75) is 13.3 Å². The normalized spacial score (nSPS) is 13.4. The molecule has 32 heavy (non-hydrogen) atoms. The second kappa shape index (κ2) is 9.40. The standard InChI is InChI=1S/C26H23BrN2O3/c1-17-4-2-3-5-22(17)18-12-14-29(15-13-18)24-11-10-21(16-23(24)26(31)32)28-25(30)19-6-8-20(27)9-7-19/h2-12,16H,13-15H2,1H3,(H,28,30)(H,31,32). The summed E-state index contributed by atoms with van der Waals surface area (Å²) < 4.78 is 0.882. The molecule has 0 aromatic heterocycles. The molecule has 2 N–H and O–H groups in total. The van der Waals surface area contributed by atoms with Gasteiger partial charge in [0.15, 0.2) is 0 Å². The minimum absolute atomic E-state index is 0.173. The molecular weight excluding hydrogens is 468 g/mol. The number of anilines is 2. The third kappa shape index (κ3) is 4.75. The molecule has 1 aliphatic rings. The first-order valence-corrected chi connectivity index (χ1v) is 11.2. The summed E-state index contributed by atoms with van der Waals surface area (Å²) in [5.74, 6) is -1.31. The van der Waals surface area contributed by atoms with Gasteiger partial charge in [0.05, 0.1) is 11.3 Å². The molecule has 3 aromatic carbocycles. The van der Waals surface area contributed by atoms with Gasteiger partial charge in [-0.1, -0.05) is 46.3 Å². The van der Waals surface area contributed by atoms with Crippen molar-refractivity contribution < 1.29 is 14.7 Å². The molecule has 0 unspecified atom stereocenters. The smallest absolute Gasteiger partial charge is 0.337 e. The highest BCUT2D eigenvalue weighted by Crippen LogP contribution is 2.31. The van der Waals surface area contributed by atoms with Gasteiger partial charge in [-0.3, -0.25) is 4.79 Å².